The largest absolute Gasteiger partial charge is 0.306 e. The lowest BCUT2D eigenvalue weighted by Gasteiger charge is -2.08. The van der Waals surface area contributed by atoms with Gasteiger partial charge in [-0.1, -0.05) is 52.2 Å². The molecule has 0 aliphatic carbocycles. The maximum Gasteiger partial charge on any atom is 0.258 e. The number of fused-ring (bicyclic) bond motifs is 1. The summed E-state index contributed by atoms with van der Waals surface area (Å²) in [6.07, 6.45) is 0. The third-order valence-electron chi connectivity index (χ3n) is 4.12. The molecule has 28 heavy (non-hydrogen) atoms. The number of nitrogens with one attached hydrogen (secondary N) is 1. The van der Waals surface area contributed by atoms with E-state index in [0.717, 1.165) is 21.5 Å². The highest BCUT2D eigenvalue weighted by Gasteiger charge is 2.18. The van der Waals surface area contributed by atoms with Crippen LogP contribution < -0.4 is 5.32 Å². The van der Waals surface area contributed by atoms with Gasteiger partial charge in [-0.05, 0) is 43.7 Å². The maximum absolute atomic E-state index is 12.7. The molecule has 0 spiro atoms. The van der Waals surface area contributed by atoms with Crippen LogP contribution in [0.15, 0.2) is 36.4 Å². The molecule has 9 heteroatoms. The summed E-state index contributed by atoms with van der Waals surface area (Å²) in [6.45, 7) is 3.81. The van der Waals surface area contributed by atoms with Gasteiger partial charge in [0.05, 0.1) is 31.5 Å². The van der Waals surface area contributed by atoms with Crippen LogP contribution in [0.1, 0.15) is 21.6 Å². The molecule has 2 aromatic carbocycles. The Hall–Kier alpha value is -2.12. The van der Waals surface area contributed by atoms with E-state index in [1.165, 1.54) is 17.4 Å². The van der Waals surface area contributed by atoms with Crippen molar-refractivity contribution in [3.63, 3.8) is 0 Å². The molecule has 0 radical (unpaired) electrons. The molecule has 0 atom stereocenters. The topological polar surface area (TPSA) is 59.8 Å². The van der Waals surface area contributed by atoms with Crippen LogP contribution in [0.25, 0.3) is 15.3 Å². The number of benzene rings is 2. The Balaban J connectivity index is 1.74. The molecule has 4 aromatic rings. The van der Waals surface area contributed by atoms with Crippen molar-refractivity contribution in [1.82, 2.24) is 14.8 Å². The van der Waals surface area contributed by atoms with Crippen molar-refractivity contribution in [2.75, 3.05) is 5.32 Å². The molecule has 1 amide bonds. The highest BCUT2D eigenvalue weighted by Crippen LogP contribution is 2.34. The number of amides is 1. The molecular formula is C19H13Cl3N4OS. The molecule has 5 nitrogen and oxygen atoms in total. The Morgan fingerprint density at radius 2 is 1.86 bits per heavy atom. The van der Waals surface area contributed by atoms with Gasteiger partial charge in [0.15, 0.2) is 0 Å². The summed E-state index contributed by atoms with van der Waals surface area (Å²) >= 11 is 19.8. The zero-order valence-electron chi connectivity index (χ0n) is 14.8. The van der Waals surface area contributed by atoms with Gasteiger partial charge >= 0.3 is 0 Å². The van der Waals surface area contributed by atoms with Gasteiger partial charge in [0, 0.05) is 11.1 Å². The lowest BCUT2D eigenvalue weighted by molar-refractivity contribution is 0.102. The number of nitrogens with zero attached hydrogens (tertiary/aromatic N) is 3. The Kier molecular flexibility index (Phi) is 5.05. The van der Waals surface area contributed by atoms with Crippen LogP contribution in [-0.4, -0.2) is 20.7 Å². The molecule has 4 rings (SSSR count). The highest BCUT2D eigenvalue weighted by molar-refractivity contribution is 7.21. The van der Waals surface area contributed by atoms with E-state index in [1.807, 2.05) is 26.0 Å². The van der Waals surface area contributed by atoms with Crippen molar-refractivity contribution < 1.29 is 4.79 Å². The summed E-state index contributed by atoms with van der Waals surface area (Å²) in [7, 11) is 0. The molecule has 0 fully saturated rings. The monoisotopic (exact) mass is 450 g/mol. The molecule has 2 heterocycles. The van der Waals surface area contributed by atoms with E-state index < -0.39 is 0 Å². The average Bonchev–Trinajstić information content (AvgIpc) is 3.22. The van der Waals surface area contributed by atoms with E-state index in [2.05, 4.69) is 15.4 Å². The molecule has 0 aliphatic heterocycles. The second-order valence-electron chi connectivity index (χ2n) is 6.20. The average molecular weight is 452 g/mol. The van der Waals surface area contributed by atoms with E-state index in [1.54, 1.807) is 22.9 Å². The summed E-state index contributed by atoms with van der Waals surface area (Å²) in [6, 6.07) is 10.3. The van der Waals surface area contributed by atoms with Crippen LogP contribution in [0.3, 0.4) is 0 Å². The van der Waals surface area contributed by atoms with Gasteiger partial charge in [-0.3, -0.25) is 4.79 Å². The fraction of sp³-hybridized carbons (Fsp3) is 0.105. The van der Waals surface area contributed by atoms with Crippen molar-refractivity contribution in [3.8, 4) is 5.13 Å². The Morgan fingerprint density at radius 1 is 1.07 bits per heavy atom. The fourth-order valence-corrected chi connectivity index (χ4v) is 4.55. The van der Waals surface area contributed by atoms with Gasteiger partial charge in [0.25, 0.3) is 5.91 Å². The van der Waals surface area contributed by atoms with Gasteiger partial charge in [-0.2, -0.15) is 9.78 Å². The quantitative estimate of drug-likeness (QED) is 0.397. The van der Waals surface area contributed by atoms with Gasteiger partial charge in [-0.15, -0.1) is 0 Å². The number of aryl methyl sites for hydroxylation is 2. The normalized spacial score (nSPS) is 11.2. The number of rotatable bonds is 3. The number of thiazole rings is 1. The summed E-state index contributed by atoms with van der Waals surface area (Å²) in [4.78, 5) is 17.4. The number of carbonyl (C=O) groups is 1. The van der Waals surface area contributed by atoms with Crippen molar-refractivity contribution in [1.29, 1.82) is 0 Å². The van der Waals surface area contributed by atoms with Crippen molar-refractivity contribution in [3.05, 3.63) is 68.3 Å². The first-order valence-electron chi connectivity index (χ1n) is 8.22. The molecule has 0 aliphatic rings. The molecular weight excluding hydrogens is 439 g/mol. The molecule has 0 unspecified atom stereocenters. The van der Waals surface area contributed by atoms with Gasteiger partial charge in [-0.25, -0.2) is 4.98 Å². The molecule has 142 valence electrons. The number of anilines is 1. The summed E-state index contributed by atoms with van der Waals surface area (Å²) in [5, 5.41) is 9.29. The van der Waals surface area contributed by atoms with Gasteiger partial charge in [0.1, 0.15) is 5.82 Å². The van der Waals surface area contributed by atoms with E-state index in [-0.39, 0.29) is 10.9 Å². The van der Waals surface area contributed by atoms with Crippen molar-refractivity contribution in [2.45, 2.75) is 13.8 Å². The van der Waals surface area contributed by atoms with E-state index in [4.69, 9.17) is 34.8 Å². The van der Waals surface area contributed by atoms with Gasteiger partial charge < -0.3 is 5.32 Å². The highest BCUT2D eigenvalue weighted by atomic mass is 35.5. The maximum atomic E-state index is 12.7. The molecule has 1 N–H and O–H groups in total. The Bertz CT molecular complexity index is 1190. The minimum absolute atomic E-state index is 0.273. The predicted octanol–water partition coefficient (Wildman–Crippen LogP) is 6.31. The zero-order chi connectivity index (χ0) is 20.0. The first-order valence-corrected chi connectivity index (χ1v) is 10.2. The van der Waals surface area contributed by atoms with E-state index in [9.17, 15) is 4.79 Å². The van der Waals surface area contributed by atoms with Crippen molar-refractivity contribution >= 4 is 68.1 Å². The van der Waals surface area contributed by atoms with Crippen LogP contribution in [0, 0.1) is 13.8 Å². The van der Waals surface area contributed by atoms with Crippen LogP contribution in [0.2, 0.25) is 15.1 Å². The summed E-state index contributed by atoms with van der Waals surface area (Å²) in [5.41, 5.74) is 2.89. The third kappa shape index (κ3) is 3.49. The SMILES string of the molecule is Cc1cc(NC(=O)c2ccc(Cl)cc2Cl)n(-c2nc3c(C)ccc(Cl)c3s2)n1. The number of halogens is 3. The number of aromatic nitrogens is 3. The standard InChI is InChI=1S/C19H13Cl3N4OS/c1-9-3-6-13(21)17-16(9)24-19(28-17)26-15(7-10(2)25-26)23-18(27)12-5-4-11(20)8-14(12)22/h3-8H,1-2H3,(H,23,27). The number of hydrogen-bond donors (Lipinski definition) is 1. The third-order valence-corrected chi connectivity index (χ3v) is 6.16. The minimum Gasteiger partial charge on any atom is -0.306 e. The Morgan fingerprint density at radius 3 is 2.57 bits per heavy atom. The van der Waals surface area contributed by atoms with Crippen LogP contribution in [-0.2, 0) is 0 Å². The summed E-state index contributed by atoms with van der Waals surface area (Å²) in [5.74, 6) is 0.125. The fourth-order valence-electron chi connectivity index (χ4n) is 2.77. The van der Waals surface area contributed by atoms with Crippen LogP contribution >= 0.6 is 46.1 Å². The zero-order valence-corrected chi connectivity index (χ0v) is 17.8. The molecule has 0 bridgehead atoms. The molecule has 0 saturated carbocycles. The second kappa shape index (κ2) is 7.37. The first-order chi connectivity index (χ1) is 13.3. The first kappa shape index (κ1) is 19.2. The lowest BCUT2D eigenvalue weighted by Crippen LogP contribution is -2.15. The Labute approximate surface area is 179 Å². The predicted molar refractivity (Wildman–Crippen MR) is 116 cm³/mol. The summed E-state index contributed by atoms with van der Waals surface area (Å²) < 4.78 is 2.47. The number of carbonyl (C=O) groups excluding carboxylic acids is 1. The van der Waals surface area contributed by atoms with E-state index >= 15 is 0 Å². The number of hydrogen-bond acceptors (Lipinski definition) is 4. The second-order valence-corrected chi connectivity index (χ2v) is 8.43. The smallest absolute Gasteiger partial charge is 0.258 e. The molecule has 0 saturated heterocycles. The van der Waals surface area contributed by atoms with Crippen LogP contribution in [0.4, 0.5) is 5.82 Å². The van der Waals surface area contributed by atoms with Gasteiger partial charge in [0.2, 0.25) is 5.13 Å². The lowest BCUT2D eigenvalue weighted by atomic mass is 10.2. The van der Waals surface area contributed by atoms with E-state index in [0.29, 0.717) is 26.6 Å². The minimum atomic E-state index is -0.363. The van der Waals surface area contributed by atoms with Crippen molar-refractivity contribution in [2.24, 2.45) is 0 Å². The molecule has 2 aromatic heterocycles. The van der Waals surface area contributed by atoms with Crippen LogP contribution in [0.5, 0.6) is 0 Å².